The van der Waals surface area contributed by atoms with E-state index in [4.69, 9.17) is 4.74 Å². The van der Waals surface area contributed by atoms with Crippen LogP contribution >= 0.6 is 0 Å². The molecule has 0 fully saturated rings. The van der Waals surface area contributed by atoms with E-state index >= 15 is 0 Å². The molecule has 2 rings (SSSR count). The Labute approximate surface area is 92.8 Å². The molecule has 1 aromatic carbocycles. The quantitative estimate of drug-likeness (QED) is 0.523. The van der Waals surface area contributed by atoms with E-state index in [9.17, 15) is 9.59 Å². The van der Waals surface area contributed by atoms with Crippen molar-refractivity contribution >= 4 is 11.8 Å². The van der Waals surface area contributed by atoms with Crippen molar-refractivity contribution in [3.63, 3.8) is 0 Å². The molecule has 2 amide bonds. The van der Waals surface area contributed by atoms with Gasteiger partial charge < -0.3 is 4.74 Å². The lowest BCUT2D eigenvalue weighted by Gasteiger charge is -2.04. The zero-order valence-corrected chi connectivity index (χ0v) is 8.90. The summed E-state index contributed by atoms with van der Waals surface area (Å²) in [6.45, 7) is 1.63. The van der Waals surface area contributed by atoms with Gasteiger partial charge in [0.1, 0.15) is 6.11 Å². The molecule has 1 heterocycles. The van der Waals surface area contributed by atoms with Gasteiger partial charge in [-0.1, -0.05) is 12.0 Å². The summed E-state index contributed by atoms with van der Waals surface area (Å²) in [6, 6.07) is 4.88. The second-order valence-electron chi connectivity index (χ2n) is 3.30. The van der Waals surface area contributed by atoms with Crippen molar-refractivity contribution in [1.29, 1.82) is 0 Å². The van der Waals surface area contributed by atoms with E-state index in [-0.39, 0.29) is 17.4 Å². The largest absolute Gasteiger partial charge is 0.407 e. The molecule has 1 aliphatic heterocycles. The highest BCUT2D eigenvalue weighted by Gasteiger charge is 2.35. The van der Waals surface area contributed by atoms with Crippen molar-refractivity contribution in [2.45, 2.75) is 6.92 Å². The standard InChI is InChI=1S/C12H9NO3/c1-3-7-16-9-6-4-5-8-10(9)12(15)13(2)11(8)14/h4-6H,1-2H3. The molecule has 80 valence electrons. The molecule has 0 saturated carbocycles. The van der Waals surface area contributed by atoms with E-state index in [0.717, 1.165) is 4.90 Å². The number of nitrogens with zero attached hydrogens (tertiary/aromatic N) is 1. The van der Waals surface area contributed by atoms with Gasteiger partial charge in [0, 0.05) is 14.0 Å². The SMILES string of the molecule is CC#COc1cccc2c1C(=O)N(C)C2=O. The number of amides is 2. The molecule has 0 saturated heterocycles. The van der Waals surface area contributed by atoms with Crippen molar-refractivity contribution in [3.05, 3.63) is 29.3 Å². The molecule has 4 nitrogen and oxygen atoms in total. The Morgan fingerprint density at radius 1 is 1.25 bits per heavy atom. The first-order chi connectivity index (χ1) is 7.66. The summed E-state index contributed by atoms with van der Waals surface area (Å²) >= 11 is 0. The van der Waals surface area contributed by atoms with Crippen LogP contribution in [-0.2, 0) is 0 Å². The summed E-state index contributed by atoms with van der Waals surface area (Å²) in [7, 11) is 1.44. The number of carbonyl (C=O) groups is 2. The number of carbonyl (C=O) groups excluding carboxylic acids is 2. The van der Waals surface area contributed by atoms with Gasteiger partial charge in [0.05, 0.1) is 11.1 Å². The fourth-order valence-electron chi connectivity index (χ4n) is 1.56. The molecular weight excluding hydrogens is 206 g/mol. The van der Waals surface area contributed by atoms with Gasteiger partial charge in [-0.05, 0) is 12.1 Å². The van der Waals surface area contributed by atoms with Crippen molar-refractivity contribution < 1.29 is 14.3 Å². The van der Waals surface area contributed by atoms with Gasteiger partial charge in [-0.25, -0.2) is 0 Å². The molecule has 0 aliphatic carbocycles. The summed E-state index contributed by atoms with van der Waals surface area (Å²) in [4.78, 5) is 24.5. The van der Waals surface area contributed by atoms with Crippen LogP contribution in [0, 0.1) is 12.0 Å². The molecule has 0 atom stereocenters. The maximum atomic E-state index is 11.8. The Kier molecular flexibility index (Phi) is 2.37. The van der Waals surface area contributed by atoms with E-state index in [1.807, 2.05) is 0 Å². The lowest BCUT2D eigenvalue weighted by molar-refractivity contribution is 0.0692. The Morgan fingerprint density at radius 2 is 2.00 bits per heavy atom. The van der Waals surface area contributed by atoms with E-state index < -0.39 is 0 Å². The summed E-state index contributed by atoms with van der Waals surface area (Å²) in [5, 5.41) is 0. The topological polar surface area (TPSA) is 46.6 Å². The molecule has 0 aromatic heterocycles. The lowest BCUT2D eigenvalue weighted by Crippen LogP contribution is -2.24. The molecule has 0 bridgehead atoms. The zero-order chi connectivity index (χ0) is 11.7. The molecule has 1 aliphatic rings. The molecule has 1 aromatic rings. The van der Waals surface area contributed by atoms with Crippen molar-refractivity contribution in [2.24, 2.45) is 0 Å². The normalized spacial score (nSPS) is 13.2. The average molecular weight is 215 g/mol. The van der Waals surface area contributed by atoms with Gasteiger partial charge in [-0.3, -0.25) is 14.5 Å². The van der Waals surface area contributed by atoms with Crippen molar-refractivity contribution in [1.82, 2.24) is 4.90 Å². The summed E-state index contributed by atoms with van der Waals surface area (Å²) in [6.07, 6.45) is 2.41. The highest BCUT2D eigenvalue weighted by molar-refractivity contribution is 6.22. The van der Waals surface area contributed by atoms with Crippen molar-refractivity contribution in [3.8, 4) is 17.8 Å². The third-order valence-electron chi connectivity index (χ3n) is 2.34. The highest BCUT2D eigenvalue weighted by Crippen LogP contribution is 2.29. The first-order valence-electron chi connectivity index (χ1n) is 4.70. The van der Waals surface area contributed by atoms with Crippen LogP contribution in [0.2, 0.25) is 0 Å². The van der Waals surface area contributed by atoms with Crippen LogP contribution in [0.1, 0.15) is 27.6 Å². The summed E-state index contributed by atoms with van der Waals surface area (Å²) in [5.41, 5.74) is 0.653. The minimum absolute atomic E-state index is 0.290. The third-order valence-corrected chi connectivity index (χ3v) is 2.34. The predicted molar refractivity (Wildman–Crippen MR) is 56.9 cm³/mol. The molecule has 0 unspecified atom stereocenters. The lowest BCUT2D eigenvalue weighted by atomic mass is 10.1. The highest BCUT2D eigenvalue weighted by atomic mass is 16.5. The van der Waals surface area contributed by atoms with Crippen LogP contribution in [-0.4, -0.2) is 23.8 Å². The van der Waals surface area contributed by atoms with Crippen molar-refractivity contribution in [2.75, 3.05) is 7.05 Å². The number of hydrogen-bond acceptors (Lipinski definition) is 3. The summed E-state index contributed by atoms with van der Waals surface area (Å²) in [5.74, 6) is 2.23. The third kappa shape index (κ3) is 1.34. The Hall–Kier alpha value is -2.28. The van der Waals surface area contributed by atoms with Crippen LogP contribution in [0.15, 0.2) is 18.2 Å². The smallest absolute Gasteiger partial charge is 0.265 e. The number of hydrogen-bond donors (Lipinski definition) is 0. The maximum Gasteiger partial charge on any atom is 0.265 e. The van der Waals surface area contributed by atoms with Crippen LogP contribution in [0.5, 0.6) is 5.75 Å². The number of fused-ring (bicyclic) bond motifs is 1. The minimum atomic E-state index is -0.353. The predicted octanol–water partition coefficient (Wildman–Crippen LogP) is 1.27. The number of imide groups is 1. The first kappa shape index (κ1) is 10.2. The van der Waals surface area contributed by atoms with E-state index in [1.165, 1.54) is 7.05 Å². The molecule has 0 radical (unpaired) electrons. The second-order valence-corrected chi connectivity index (χ2v) is 3.30. The van der Waals surface area contributed by atoms with Crippen LogP contribution < -0.4 is 4.74 Å². The van der Waals surface area contributed by atoms with Gasteiger partial charge in [0.15, 0.2) is 5.75 Å². The van der Waals surface area contributed by atoms with Crippen LogP contribution in [0.25, 0.3) is 0 Å². The molecular formula is C12H9NO3. The fourth-order valence-corrected chi connectivity index (χ4v) is 1.56. The molecule has 0 N–H and O–H groups in total. The second kappa shape index (κ2) is 3.70. The molecule has 0 spiro atoms. The fraction of sp³-hybridized carbons (Fsp3) is 0.167. The Morgan fingerprint density at radius 3 is 2.69 bits per heavy atom. The van der Waals surface area contributed by atoms with E-state index in [0.29, 0.717) is 11.3 Å². The Balaban J connectivity index is 2.56. The number of ether oxygens (including phenoxy) is 1. The van der Waals surface area contributed by atoms with Gasteiger partial charge in [0.25, 0.3) is 11.8 Å². The van der Waals surface area contributed by atoms with Gasteiger partial charge in [0.2, 0.25) is 0 Å². The average Bonchev–Trinajstić information content (AvgIpc) is 2.53. The van der Waals surface area contributed by atoms with E-state index in [2.05, 4.69) is 12.0 Å². The monoisotopic (exact) mass is 215 g/mol. The van der Waals surface area contributed by atoms with Crippen LogP contribution in [0.3, 0.4) is 0 Å². The Bertz CT molecular complexity index is 537. The number of rotatable bonds is 1. The zero-order valence-electron chi connectivity index (χ0n) is 8.90. The van der Waals surface area contributed by atoms with Gasteiger partial charge in [-0.2, -0.15) is 0 Å². The minimum Gasteiger partial charge on any atom is -0.407 e. The van der Waals surface area contributed by atoms with Gasteiger partial charge in [-0.15, -0.1) is 0 Å². The maximum absolute atomic E-state index is 11.8. The molecule has 16 heavy (non-hydrogen) atoms. The molecule has 4 heteroatoms. The summed E-state index contributed by atoms with van der Waals surface area (Å²) < 4.78 is 5.10. The number of benzene rings is 1. The van der Waals surface area contributed by atoms with Crippen LogP contribution in [0.4, 0.5) is 0 Å². The van der Waals surface area contributed by atoms with Gasteiger partial charge >= 0.3 is 0 Å². The first-order valence-corrected chi connectivity index (χ1v) is 4.70. The van der Waals surface area contributed by atoms with E-state index in [1.54, 1.807) is 25.1 Å².